The molecule has 0 atom stereocenters. The average molecular weight is 238 g/mol. The quantitative estimate of drug-likeness (QED) is 0.487. The second kappa shape index (κ2) is 4.05. The Balaban J connectivity index is 3.48. The molecule has 0 bridgehead atoms. The molecule has 0 heterocycles. The molecule has 88 valence electrons. The van der Waals surface area contributed by atoms with Gasteiger partial charge in [0, 0.05) is 24.2 Å². The molecule has 0 amide bonds. The highest BCUT2D eigenvalue weighted by Gasteiger charge is 2.36. The summed E-state index contributed by atoms with van der Waals surface area (Å²) < 4.78 is 50.1. The van der Waals surface area contributed by atoms with E-state index in [1.54, 1.807) is 0 Å². The van der Waals surface area contributed by atoms with Gasteiger partial charge in [-0.3, -0.25) is 10.1 Å². The molecule has 8 heteroatoms. The van der Waals surface area contributed by atoms with E-state index in [0.717, 1.165) is 0 Å². The molecule has 1 rings (SSSR count). The molecule has 0 aliphatic heterocycles. The number of nitro benzene ring substituents is 1. The number of nitrogens with two attached hydrogens (primary N) is 1. The first kappa shape index (κ1) is 12.4. The maximum Gasteiger partial charge on any atom is 0.419 e. The van der Waals surface area contributed by atoms with Gasteiger partial charge in [0.1, 0.15) is 5.82 Å². The normalized spacial score (nSPS) is 11.6. The van der Waals surface area contributed by atoms with E-state index >= 15 is 0 Å². The van der Waals surface area contributed by atoms with Gasteiger partial charge in [-0.05, 0) is 0 Å². The third-order valence-electron chi connectivity index (χ3n) is 1.87. The zero-order valence-corrected chi connectivity index (χ0v) is 7.71. The van der Waals surface area contributed by atoms with Crippen LogP contribution in [-0.2, 0) is 12.7 Å². The van der Waals surface area contributed by atoms with Crippen molar-refractivity contribution in [2.75, 3.05) is 0 Å². The molecule has 16 heavy (non-hydrogen) atoms. The summed E-state index contributed by atoms with van der Waals surface area (Å²) in [7, 11) is 0. The maximum atomic E-state index is 13.2. The van der Waals surface area contributed by atoms with E-state index < -0.39 is 40.3 Å². The van der Waals surface area contributed by atoms with Crippen molar-refractivity contribution in [2.24, 2.45) is 5.73 Å². The van der Waals surface area contributed by atoms with Crippen molar-refractivity contribution in [1.29, 1.82) is 0 Å². The molecule has 0 aliphatic rings. The number of rotatable bonds is 2. The lowest BCUT2D eigenvalue weighted by Crippen LogP contribution is -2.12. The van der Waals surface area contributed by atoms with Gasteiger partial charge in [0.05, 0.1) is 10.5 Å². The highest BCUT2D eigenvalue weighted by atomic mass is 19.4. The first-order chi connectivity index (χ1) is 7.27. The van der Waals surface area contributed by atoms with Crippen LogP contribution in [0.15, 0.2) is 12.1 Å². The van der Waals surface area contributed by atoms with E-state index in [2.05, 4.69) is 0 Å². The van der Waals surface area contributed by atoms with Gasteiger partial charge >= 0.3 is 6.18 Å². The van der Waals surface area contributed by atoms with Crippen LogP contribution < -0.4 is 5.73 Å². The van der Waals surface area contributed by atoms with Crippen LogP contribution in [0.3, 0.4) is 0 Å². The molecule has 0 spiro atoms. The van der Waals surface area contributed by atoms with Crippen molar-refractivity contribution in [3.63, 3.8) is 0 Å². The van der Waals surface area contributed by atoms with Gasteiger partial charge in [-0.1, -0.05) is 0 Å². The molecule has 0 unspecified atom stereocenters. The van der Waals surface area contributed by atoms with Crippen molar-refractivity contribution >= 4 is 5.69 Å². The van der Waals surface area contributed by atoms with Crippen molar-refractivity contribution < 1.29 is 22.5 Å². The average Bonchev–Trinajstić information content (AvgIpc) is 2.15. The highest BCUT2D eigenvalue weighted by Crippen LogP contribution is 2.35. The minimum absolute atomic E-state index is 0.147. The van der Waals surface area contributed by atoms with Crippen LogP contribution >= 0.6 is 0 Å². The van der Waals surface area contributed by atoms with Crippen molar-refractivity contribution in [1.82, 2.24) is 0 Å². The molecule has 0 radical (unpaired) electrons. The Morgan fingerprint density at radius 2 is 1.94 bits per heavy atom. The van der Waals surface area contributed by atoms with Crippen LogP contribution in [0.4, 0.5) is 23.2 Å². The van der Waals surface area contributed by atoms with Gasteiger partial charge < -0.3 is 5.73 Å². The number of nitro groups is 1. The summed E-state index contributed by atoms with van der Waals surface area (Å²) in [5.74, 6) is -1.57. The Kier molecular flexibility index (Phi) is 3.13. The molecule has 1 aromatic rings. The number of benzene rings is 1. The Morgan fingerprint density at radius 1 is 1.38 bits per heavy atom. The fourth-order valence-electron chi connectivity index (χ4n) is 1.13. The summed E-state index contributed by atoms with van der Waals surface area (Å²) in [4.78, 5) is 9.30. The summed E-state index contributed by atoms with van der Waals surface area (Å²) in [6.45, 7) is -0.545. The van der Waals surface area contributed by atoms with E-state index in [4.69, 9.17) is 5.73 Å². The highest BCUT2D eigenvalue weighted by molar-refractivity contribution is 5.41. The van der Waals surface area contributed by atoms with Crippen LogP contribution in [0.5, 0.6) is 0 Å². The lowest BCUT2D eigenvalue weighted by atomic mass is 10.1. The second-order valence-electron chi connectivity index (χ2n) is 2.93. The maximum absolute atomic E-state index is 13.2. The van der Waals surface area contributed by atoms with Gasteiger partial charge in [0.2, 0.25) is 0 Å². The Labute approximate surface area is 86.8 Å². The fraction of sp³-hybridized carbons (Fsp3) is 0.250. The summed E-state index contributed by atoms with van der Waals surface area (Å²) in [6, 6.07) is 0.832. The van der Waals surface area contributed by atoms with E-state index in [0.29, 0.717) is 6.07 Å². The third kappa shape index (κ3) is 2.27. The number of non-ortho nitro benzene ring substituents is 1. The number of alkyl halides is 3. The minimum atomic E-state index is -4.99. The van der Waals surface area contributed by atoms with E-state index in [9.17, 15) is 27.7 Å². The number of hydrogen-bond donors (Lipinski definition) is 1. The van der Waals surface area contributed by atoms with Gasteiger partial charge in [-0.2, -0.15) is 13.2 Å². The topological polar surface area (TPSA) is 69.2 Å². The SMILES string of the molecule is NCc1cc([N+](=O)[O-])cc(C(F)(F)F)c1F. The molecular formula is C8H6F4N2O2. The zero-order chi connectivity index (χ0) is 12.5. The van der Waals surface area contributed by atoms with Gasteiger partial charge in [0.25, 0.3) is 5.69 Å². The zero-order valence-electron chi connectivity index (χ0n) is 7.71. The van der Waals surface area contributed by atoms with Gasteiger partial charge in [0.15, 0.2) is 0 Å². The first-order valence-corrected chi connectivity index (χ1v) is 4.01. The molecular weight excluding hydrogens is 232 g/mol. The number of halogens is 4. The van der Waals surface area contributed by atoms with Crippen molar-refractivity contribution in [2.45, 2.75) is 12.7 Å². The lowest BCUT2D eigenvalue weighted by molar-refractivity contribution is -0.385. The molecule has 1 aromatic carbocycles. The fourth-order valence-corrected chi connectivity index (χ4v) is 1.13. The van der Waals surface area contributed by atoms with Crippen LogP contribution in [-0.4, -0.2) is 4.92 Å². The second-order valence-corrected chi connectivity index (χ2v) is 2.93. The summed E-state index contributed by atoms with van der Waals surface area (Å²) >= 11 is 0. The molecule has 0 aromatic heterocycles. The standard InChI is InChI=1S/C8H6F4N2O2/c9-7-4(3-13)1-5(14(15)16)2-6(7)8(10,11)12/h1-2H,3,13H2. The Bertz CT molecular complexity index is 431. The van der Waals surface area contributed by atoms with Crippen LogP contribution in [0.25, 0.3) is 0 Å². The largest absolute Gasteiger partial charge is 0.419 e. The molecule has 2 N–H and O–H groups in total. The number of nitrogens with zero attached hydrogens (tertiary/aromatic N) is 1. The van der Waals surface area contributed by atoms with Crippen LogP contribution in [0, 0.1) is 15.9 Å². The Morgan fingerprint density at radius 3 is 2.31 bits per heavy atom. The first-order valence-electron chi connectivity index (χ1n) is 4.01. The lowest BCUT2D eigenvalue weighted by Gasteiger charge is -2.10. The van der Waals surface area contributed by atoms with Crippen LogP contribution in [0.1, 0.15) is 11.1 Å². The molecule has 4 nitrogen and oxygen atoms in total. The predicted octanol–water partition coefficient (Wildman–Crippen LogP) is 2.21. The summed E-state index contributed by atoms with van der Waals surface area (Å²) in [5, 5.41) is 10.3. The van der Waals surface area contributed by atoms with E-state index in [-0.39, 0.29) is 6.07 Å². The number of hydrogen-bond acceptors (Lipinski definition) is 3. The molecule has 0 fully saturated rings. The van der Waals surface area contributed by atoms with E-state index in [1.165, 1.54) is 0 Å². The molecule has 0 aliphatic carbocycles. The summed E-state index contributed by atoms with van der Waals surface area (Å²) in [6.07, 6.45) is -4.99. The monoisotopic (exact) mass is 238 g/mol. The predicted molar refractivity (Wildman–Crippen MR) is 45.9 cm³/mol. The molecule has 0 saturated heterocycles. The van der Waals surface area contributed by atoms with Gasteiger partial charge in [-0.25, -0.2) is 4.39 Å². The summed E-state index contributed by atoms with van der Waals surface area (Å²) in [5.41, 5.74) is 1.94. The smallest absolute Gasteiger partial charge is 0.326 e. The third-order valence-corrected chi connectivity index (χ3v) is 1.87. The van der Waals surface area contributed by atoms with E-state index in [1.807, 2.05) is 0 Å². The van der Waals surface area contributed by atoms with Gasteiger partial charge in [-0.15, -0.1) is 0 Å². The Hall–Kier alpha value is -1.70. The van der Waals surface area contributed by atoms with Crippen molar-refractivity contribution in [3.8, 4) is 0 Å². The minimum Gasteiger partial charge on any atom is -0.326 e. The van der Waals surface area contributed by atoms with Crippen molar-refractivity contribution in [3.05, 3.63) is 39.2 Å². The molecule has 0 saturated carbocycles. The van der Waals surface area contributed by atoms with Crippen LogP contribution in [0.2, 0.25) is 0 Å².